The van der Waals surface area contributed by atoms with Crippen molar-refractivity contribution >= 4 is 0 Å². The topological polar surface area (TPSA) is 38.7 Å². The predicted octanol–water partition coefficient (Wildman–Crippen LogP) is 2.06. The minimum absolute atomic E-state index is 0.105. The van der Waals surface area contributed by atoms with E-state index in [0.717, 1.165) is 12.8 Å². The third kappa shape index (κ3) is 1.37. The fraction of sp³-hybridized carbons (Fsp3) is 0.833. The van der Waals surface area contributed by atoms with E-state index in [-0.39, 0.29) is 18.3 Å². The Kier molecular flexibility index (Phi) is 2.65. The van der Waals surface area contributed by atoms with E-state index < -0.39 is 5.79 Å². The van der Waals surface area contributed by atoms with Crippen LogP contribution in [0.5, 0.6) is 0 Å². The molecule has 2 rings (SSSR count). The first-order chi connectivity index (χ1) is 7.08. The highest BCUT2D eigenvalue weighted by Gasteiger charge is 2.63. The zero-order chi connectivity index (χ0) is 11.1. The highest BCUT2D eigenvalue weighted by atomic mass is 16.9. The maximum atomic E-state index is 9.18. The average molecular weight is 212 g/mol. The molecule has 0 unspecified atom stereocenters. The molecule has 1 saturated carbocycles. The van der Waals surface area contributed by atoms with E-state index in [9.17, 15) is 5.11 Å². The van der Waals surface area contributed by atoms with Crippen LogP contribution in [-0.2, 0) is 9.47 Å². The molecule has 2 aliphatic rings. The molecule has 2 atom stereocenters. The van der Waals surface area contributed by atoms with Gasteiger partial charge in [-0.05, 0) is 25.7 Å². The van der Waals surface area contributed by atoms with Gasteiger partial charge in [0.2, 0.25) is 0 Å². The Morgan fingerprint density at radius 1 is 1.53 bits per heavy atom. The summed E-state index contributed by atoms with van der Waals surface area (Å²) >= 11 is 0. The van der Waals surface area contributed by atoms with Gasteiger partial charge < -0.3 is 14.6 Å². The van der Waals surface area contributed by atoms with Crippen LogP contribution in [0.1, 0.15) is 33.1 Å². The highest BCUT2D eigenvalue weighted by molar-refractivity contribution is 5.09. The van der Waals surface area contributed by atoms with Gasteiger partial charge in [0, 0.05) is 18.4 Å². The molecule has 1 aliphatic carbocycles. The molecule has 1 heterocycles. The van der Waals surface area contributed by atoms with Crippen molar-refractivity contribution in [2.24, 2.45) is 11.3 Å². The number of allylic oxidation sites excluding steroid dienone is 1. The van der Waals surface area contributed by atoms with E-state index in [2.05, 4.69) is 13.5 Å². The van der Waals surface area contributed by atoms with E-state index in [4.69, 9.17) is 9.47 Å². The minimum atomic E-state index is -0.464. The third-order valence-electron chi connectivity index (χ3n) is 4.10. The van der Waals surface area contributed by atoms with Crippen LogP contribution in [0.2, 0.25) is 0 Å². The molecule has 15 heavy (non-hydrogen) atoms. The smallest absolute Gasteiger partial charge is 0.180 e. The van der Waals surface area contributed by atoms with Gasteiger partial charge in [0.1, 0.15) is 0 Å². The summed E-state index contributed by atoms with van der Waals surface area (Å²) < 4.78 is 11.6. The molecule has 0 aromatic heterocycles. The van der Waals surface area contributed by atoms with E-state index in [1.54, 1.807) is 0 Å². The Labute approximate surface area is 91.1 Å². The largest absolute Gasteiger partial charge is 0.396 e. The molecular weight excluding hydrogens is 192 g/mol. The predicted molar refractivity (Wildman–Crippen MR) is 57.1 cm³/mol. The number of ether oxygens (including phenoxy) is 2. The van der Waals surface area contributed by atoms with E-state index in [1.807, 2.05) is 13.0 Å². The van der Waals surface area contributed by atoms with Crippen molar-refractivity contribution in [3.8, 4) is 0 Å². The van der Waals surface area contributed by atoms with Crippen LogP contribution >= 0.6 is 0 Å². The molecule has 0 amide bonds. The lowest BCUT2D eigenvalue weighted by Crippen LogP contribution is -2.60. The zero-order valence-corrected chi connectivity index (χ0v) is 9.53. The molecule has 0 aromatic rings. The van der Waals surface area contributed by atoms with Gasteiger partial charge in [-0.2, -0.15) is 0 Å². The Bertz CT molecular complexity index is 258. The molecule has 1 N–H and O–H groups in total. The van der Waals surface area contributed by atoms with Gasteiger partial charge in [0.25, 0.3) is 0 Å². The van der Waals surface area contributed by atoms with Crippen LogP contribution in [0.3, 0.4) is 0 Å². The van der Waals surface area contributed by atoms with Gasteiger partial charge in [0.15, 0.2) is 12.1 Å². The first-order valence-corrected chi connectivity index (χ1v) is 5.67. The normalized spacial score (nSPS) is 49.3. The zero-order valence-electron chi connectivity index (χ0n) is 9.53. The second-order valence-corrected chi connectivity index (χ2v) is 4.83. The first-order valence-electron chi connectivity index (χ1n) is 5.67. The monoisotopic (exact) mass is 212 g/mol. The van der Waals surface area contributed by atoms with Crippen molar-refractivity contribution in [2.45, 2.75) is 45.2 Å². The Balaban J connectivity index is 2.22. The third-order valence-corrected chi connectivity index (χ3v) is 4.10. The molecule has 0 aromatic carbocycles. The average Bonchev–Trinajstić information content (AvgIpc) is 2.41. The molecule has 1 saturated heterocycles. The summed E-state index contributed by atoms with van der Waals surface area (Å²) in [4.78, 5) is 0. The van der Waals surface area contributed by atoms with Crippen molar-refractivity contribution in [3.05, 3.63) is 12.7 Å². The number of aliphatic hydroxyl groups is 1. The molecule has 3 heteroatoms. The standard InChI is InChI=1S/C12H20O3/c1-4-10-5-6-12(14-9(2)15-12)11(10,3)7-8-13/h4,9-10,13H,1,5-8H2,2-3H3/t9?,10-,11-,12?/m1/s1. The lowest BCUT2D eigenvalue weighted by atomic mass is 9.73. The molecule has 1 spiro atoms. The summed E-state index contributed by atoms with van der Waals surface area (Å²) in [6.07, 6.45) is 4.51. The van der Waals surface area contributed by atoms with Gasteiger partial charge in [-0.3, -0.25) is 0 Å². The molecule has 86 valence electrons. The fourth-order valence-corrected chi connectivity index (χ4v) is 3.15. The van der Waals surface area contributed by atoms with Gasteiger partial charge in [-0.15, -0.1) is 6.58 Å². The van der Waals surface area contributed by atoms with Crippen LogP contribution in [0.15, 0.2) is 12.7 Å². The van der Waals surface area contributed by atoms with Crippen LogP contribution in [0, 0.1) is 11.3 Å². The summed E-state index contributed by atoms with van der Waals surface area (Å²) in [6, 6.07) is 0. The molecule has 0 bridgehead atoms. The fourth-order valence-electron chi connectivity index (χ4n) is 3.15. The molecular formula is C12H20O3. The Morgan fingerprint density at radius 2 is 2.20 bits per heavy atom. The highest BCUT2D eigenvalue weighted by Crippen LogP contribution is 2.59. The van der Waals surface area contributed by atoms with Crippen LogP contribution in [-0.4, -0.2) is 23.8 Å². The first kappa shape index (κ1) is 11.1. The Morgan fingerprint density at radius 3 is 2.67 bits per heavy atom. The molecule has 1 aliphatic heterocycles. The number of hydrogen-bond acceptors (Lipinski definition) is 3. The summed E-state index contributed by atoms with van der Waals surface area (Å²) in [6.45, 7) is 8.08. The molecule has 0 radical (unpaired) electrons. The maximum Gasteiger partial charge on any atom is 0.180 e. The summed E-state index contributed by atoms with van der Waals surface area (Å²) in [5.41, 5.74) is -0.129. The van der Waals surface area contributed by atoms with Gasteiger partial charge >= 0.3 is 0 Å². The van der Waals surface area contributed by atoms with Crippen molar-refractivity contribution in [2.75, 3.05) is 6.61 Å². The minimum Gasteiger partial charge on any atom is -0.396 e. The van der Waals surface area contributed by atoms with Crippen LogP contribution in [0.4, 0.5) is 0 Å². The van der Waals surface area contributed by atoms with Gasteiger partial charge in [-0.1, -0.05) is 13.0 Å². The van der Waals surface area contributed by atoms with Crippen molar-refractivity contribution in [1.82, 2.24) is 0 Å². The number of aliphatic hydroxyl groups excluding tert-OH is 1. The van der Waals surface area contributed by atoms with Crippen molar-refractivity contribution in [3.63, 3.8) is 0 Å². The summed E-state index contributed by atoms with van der Waals surface area (Å²) in [5.74, 6) is -0.0919. The molecule has 3 nitrogen and oxygen atoms in total. The Hall–Kier alpha value is -0.380. The van der Waals surface area contributed by atoms with E-state index in [1.165, 1.54) is 0 Å². The SMILES string of the molecule is C=C[C@@H]1CCC2(OC(C)O2)[C@]1(C)CCO. The number of hydrogen-bond donors (Lipinski definition) is 1. The maximum absolute atomic E-state index is 9.18. The summed E-state index contributed by atoms with van der Waals surface area (Å²) in [7, 11) is 0. The quantitative estimate of drug-likeness (QED) is 0.728. The van der Waals surface area contributed by atoms with E-state index in [0.29, 0.717) is 12.3 Å². The second kappa shape index (κ2) is 3.58. The van der Waals surface area contributed by atoms with Crippen molar-refractivity contribution < 1.29 is 14.6 Å². The van der Waals surface area contributed by atoms with Gasteiger partial charge in [0.05, 0.1) is 0 Å². The van der Waals surface area contributed by atoms with Crippen LogP contribution in [0.25, 0.3) is 0 Å². The second-order valence-electron chi connectivity index (χ2n) is 4.83. The van der Waals surface area contributed by atoms with Crippen molar-refractivity contribution in [1.29, 1.82) is 0 Å². The number of rotatable bonds is 3. The lowest BCUT2D eigenvalue weighted by molar-refractivity contribution is -0.475. The van der Waals surface area contributed by atoms with Crippen LogP contribution < -0.4 is 0 Å². The van der Waals surface area contributed by atoms with Gasteiger partial charge in [-0.25, -0.2) is 0 Å². The summed E-state index contributed by atoms with van der Waals surface area (Å²) in [5, 5.41) is 9.18. The molecule has 2 fully saturated rings. The lowest BCUT2D eigenvalue weighted by Gasteiger charge is -2.53. The van der Waals surface area contributed by atoms with E-state index >= 15 is 0 Å².